The molecule has 19 heavy (non-hydrogen) atoms. The Morgan fingerprint density at radius 1 is 1.37 bits per heavy atom. The quantitative estimate of drug-likeness (QED) is 0.771. The van der Waals surface area contributed by atoms with Crippen LogP contribution in [0.15, 0.2) is 41.8 Å². The van der Waals surface area contributed by atoms with Crippen molar-refractivity contribution in [3.63, 3.8) is 0 Å². The van der Waals surface area contributed by atoms with Gasteiger partial charge in [0.2, 0.25) is 10.0 Å². The molecule has 0 saturated heterocycles. The summed E-state index contributed by atoms with van der Waals surface area (Å²) in [5.74, 6) is -1.64. The molecule has 0 aliphatic heterocycles. The lowest BCUT2D eigenvalue weighted by Crippen LogP contribution is -2.33. The van der Waals surface area contributed by atoms with E-state index in [4.69, 9.17) is 5.11 Å². The molecule has 1 rings (SSSR count). The molecule has 0 saturated carbocycles. The van der Waals surface area contributed by atoms with E-state index in [1.165, 1.54) is 6.08 Å². The normalized spacial score (nSPS) is 11.5. The Bertz CT molecular complexity index is 554. The maximum absolute atomic E-state index is 12.8. The van der Waals surface area contributed by atoms with Crippen LogP contribution in [0.5, 0.6) is 0 Å². The van der Waals surface area contributed by atoms with Crippen molar-refractivity contribution in [1.82, 2.24) is 4.31 Å². The lowest BCUT2D eigenvalue weighted by Gasteiger charge is -2.19. The standard InChI is InChI=1S/C12H14FNO4S/c1-2-8-14(9-7-12(15)16)19(17,18)11-5-3-10(13)4-6-11/h2-6H,1,7-9H2,(H,15,16). The van der Waals surface area contributed by atoms with Crippen LogP contribution in [0.1, 0.15) is 6.42 Å². The maximum Gasteiger partial charge on any atom is 0.304 e. The van der Waals surface area contributed by atoms with E-state index in [2.05, 4.69) is 6.58 Å². The Kier molecular flexibility index (Phi) is 5.20. The number of carboxylic acids is 1. The molecule has 0 spiro atoms. The number of carbonyl (C=O) groups is 1. The molecule has 0 aliphatic carbocycles. The van der Waals surface area contributed by atoms with Crippen molar-refractivity contribution < 1.29 is 22.7 Å². The molecule has 7 heteroatoms. The van der Waals surface area contributed by atoms with Gasteiger partial charge in [0.1, 0.15) is 5.82 Å². The summed E-state index contributed by atoms with van der Waals surface area (Å²) in [6.45, 7) is 3.26. The van der Waals surface area contributed by atoms with Crippen LogP contribution >= 0.6 is 0 Å². The second-order valence-electron chi connectivity index (χ2n) is 3.75. The molecule has 0 bridgehead atoms. The fourth-order valence-electron chi connectivity index (χ4n) is 1.43. The van der Waals surface area contributed by atoms with Crippen LogP contribution < -0.4 is 0 Å². The van der Waals surface area contributed by atoms with Crippen molar-refractivity contribution in [2.45, 2.75) is 11.3 Å². The van der Waals surface area contributed by atoms with Crippen molar-refractivity contribution in [3.8, 4) is 0 Å². The summed E-state index contributed by atoms with van der Waals surface area (Å²) in [5, 5.41) is 8.61. The van der Waals surface area contributed by atoms with Gasteiger partial charge < -0.3 is 5.11 Å². The van der Waals surface area contributed by atoms with Gasteiger partial charge in [0.15, 0.2) is 0 Å². The van der Waals surface area contributed by atoms with Crippen LogP contribution in [-0.2, 0) is 14.8 Å². The number of benzene rings is 1. The Hall–Kier alpha value is -1.73. The van der Waals surface area contributed by atoms with E-state index in [9.17, 15) is 17.6 Å². The minimum absolute atomic E-state index is 0.00695. The minimum Gasteiger partial charge on any atom is -0.481 e. The highest BCUT2D eigenvalue weighted by Gasteiger charge is 2.23. The van der Waals surface area contributed by atoms with Crippen molar-refractivity contribution >= 4 is 16.0 Å². The number of hydrogen-bond acceptors (Lipinski definition) is 3. The molecule has 0 fully saturated rings. The highest BCUT2D eigenvalue weighted by molar-refractivity contribution is 7.89. The average molecular weight is 287 g/mol. The van der Waals surface area contributed by atoms with Crippen LogP contribution in [0.4, 0.5) is 4.39 Å². The molecule has 0 aromatic heterocycles. The van der Waals surface area contributed by atoms with E-state index in [1.54, 1.807) is 0 Å². The van der Waals surface area contributed by atoms with E-state index in [0.29, 0.717) is 0 Å². The zero-order chi connectivity index (χ0) is 14.5. The largest absolute Gasteiger partial charge is 0.481 e. The Morgan fingerprint density at radius 2 is 1.95 bits per heavy atom. The summed E-state index contributed by atoms with van der Waals surface area (Å²) in [4.78, 5) is 10.4. The predicted molar refractivity (Wildman–Crippen MR) is 67.6 cm³/mol. The highest BCUT2D eigenvalue weighted by atomic mass is 32.2. The molecular formula is C12H14FNO4S. The van der Waals surface area contributed by atoms with Gasteiger partial charge in [0, 0.05) is 13.1 Å². The van der Waals surface area contributed by atoms with Crippen molar-refractivity contribution in [1.29, 1.82) is 0 Å². The molecule has 0 heterocycles. The third kappa shape index (κ3) is 4.15. The molecule has 1 aromatic rings. The first-order valence-corrected chi connectivity index (χ1v) is 6.90. The zero-order valence-electron chi connectivity index (χ0n) is 10.1. The van der Waals surface area contributed by atoms with Gasteiger partial charge in [-0.25, -0.2) is 12.8 Å². The van der Waals surface area contributed by atoms with Gasteiger partial charge in [0.25, 0.3) is 0 Å². The van der Waals surface area contributed by atoms with Crippen LogP contribution in [-0.4, -0.2) is 36.9 Å². The summed E-state index contributed by atoms with van der Waals surface area (Å²) >= 11 is 0. The molecule has 1 N–H and O–H groups in total. The minimum atomic E-state index is -3.84. The van der Waals surface area contributed by atoms with Crippen molar-refractivity contribution in [2.24, 2.45) is 0 Å². The van der Waals surface area contributed by atoms with Gasteiger partial charge in [-0.05, 0) is 24.3 Å². The molecule has 0 unspecified atom stereocenters. The second-order valence-corrected chi connectivity index (χ2v) is 5.69. The van der Waals surface area contributed by atoms with Gasteiger partial charge in [-0.3, -0.25) is 4.79 Å². The molecule has 104 valence electrons. The number of aliphatic carboxylic acids is 1. The third-order valence-corrected chi connectivity index (χ3v) is 4.24. The molecule has 0 aliphatic rings. The number of sulfonamides is 1. The van der Waals surface area contributed by atoms with Crippen molar-refractivity contribution in [2.75, 3.05) is 13.1 Å². The number of nitrogens with zero attached hydrogens (tertiary/aromatic N) is 1. The van der Waals surface area contributed by atoms with Crippen LogP contribution in [0.2, 0.25) is 0 Å². The highest BCUT2D eigenvalue weighted by Crippen LogP contribution is 2.16. The maximum atomic E-state index is 12.8. The van der Waals surface area contributed by atoms with Crippen LogP contribution in [0.25, 0.3) is 0 Å². The van der Waals surface area contributed by atoms with E-state index in [0.717, 1.165) is 28.6 Å². The van der Waals surface area contributed by atoms with Crippen LogP contribution in [0, 0.1) is 5.82 Å². The van der Waals surface area contributed by atoms with E-state index < -0.39 is 21.8 Å². The van der Waals surface area contributed by atoms with E-state index >= 15 is 0 Å². The Labute approximate surface area is 111 Å². The SMILES string of the molecule is C=CCN(CCC(=O)O)S(=O)(=O)c1ccc(F)cc1. The smallest absolute Gasteiger partial charge is 0.304 e. The van der Waals surface area contributed by atoms with Gasteiger partial charge in [-0.2, -0.15) is 4.31 Å². The lowest BCUT2D eigenvalue weighted by atomic mass is 10.4. The first-order chi connectivity index (χ1) is 8.87. The molecular weight excluding hydrogens is 273 g/mol. The molecule has 0 radical (unpaired) electrons. The van der Waals surface area contributed by atoms with Crippen LogP contribution in [0.3, 0.4) is 0 Å². The monoisotopic (exact) mass is 287 g/mol. The fourth-order valence-corrected chi connectivity index (χ4v) is 2.84. The van der Waals surface area contributed by atoms with Gasteiger partial charge >= 0.3 is 5.97 Å². The summed E-state index contributed by atoms with van der Waals surface area (Å²) in [5.41, 5.74) is 0. The number of halogens is 1. The number of rotatable bonds is 7. The summed E-state index contributed by atoms with van der Waals surface area (Å²) < 4.78 is 38.2. The van der Waals surface area contributed by atoms with Gasteiger partial charge in [-0.15, -0.1) is 6.58 Å². The Balaban J connectivity index is 3.01. The topological polar surface area (TPSA) is 74.7 Å². The first-order valence-electron chi connectivity index (χ1n) is 5.46. The molecule has 5 nitrogen and oxygen atoms in total. The van der Waals surface area contributed by atoms with E-state index in [1.807, 2.05) is 0 Å². The molecule has 1 aromatic carbocycles. The summed E-state index contributed by atoms with van der Waals surface area (Å²) in [6.07, 6.45) is 1.05. The van der Waals surface area contributed by atoms with Gasteiger partial charge in [0.05, 0.1) is 11.3 Å². The summed E-state index contributed by atoms with van der Waals surface area (Å²) in [6, 6.07) is 4.36. The number of carboxylic acid groups (broad SMARTS) is 1. The Morgan fingerprint density at radius 3 is 2.42 bits per heavy atom. The van der Waals surface area contributed by atoms with E-state index in [-0.39, 0.29) is 24.4 Å². The fraction of sp³-hybridized carbons (Fsp3) is 0.250. The molecule has 0 amide bonds. The predicted octanol–water partition coefficient (Wildman–Crippen LogP) is 1.48. The summed E-state index contributed by atoms with van der Waals surface area (Å²) in [7, 11) is -3.84. The number of hydrogen-bond donors (Lipinski definition) is 1. The third-order valence-electron chi connectivity index (χ3n) is 2.36. The average Bonchev–Trinajstić information content (AvgIpc) is 2.34. The first kappa shape index (κ1) is 15.3. The van der Waals surface area contributed by atoms with Crippen molar-refractivity contribution in [3.05, 3.63) is 42.7 Å². The second kappa shape index (κ2) is 6.44. The molecule has 0 atom stereocenters. The zero-order valence-corrected chi connectivity index (χ0v) is 10.9. The van der Waals surface area contributed by atoms with Gasteiger partial charge in [-0.1, -0.05) is 6.08 Å². The lowest BCUT2D eigenvalue weighted by molar-refractivity contribution is -0.137.